The summed E-state index contributed by atoms with van der Waals surface area (Å²) in [5.74, 6) is 0. The molecule has 0 aromatic carbocycles. The van der Waals surface area contributed by atoms with Gasteiger partial charge in [0.1, 0.15) is 0 Å². The minimum atomic E-state index is -4.67. The molecule has 45 valence electrons. The third-order valence-electron chi connectivity index (χ3n) is 0. The van der Waals surface area contributed by atoms with E-state index in [-0.39, 0.29) is 91.6 Å². The molecule has 0 aromatic heterocycles. The standard InChI is InChI=1S/K.Mn.H2O4S.Ti.H/c;;1-5(2,3)4;;/h;;(H2,1,2,3,4);;/q+1;;;;-1. The largest absolute Gasteiger partial charge is 1.00 e. The van der Waals surface area contributed by atoms with Crippen LogP contribution in [0.25, 0.3) is 0 Å². The summed E-state index contributed by atoms with van der Waals surface area (Å²) in [5, 5.41) is 0. The van der Waals surface area contributed by atoms with Crippen molar-refractivity contribution in [3.05, 3.63) is 0 Å². The zero-order valence-electron chi connectivity index (χ0n) is 5.00. The molecule has 1 radical (unpaired) electrons. The van der Waals surface area contributed by atoms with Gasteiger partial charge in [-0.1, -0.05) is 0 Å². The van der Waals surface area contributed by atoms with Crippen LogP contribution < -0.4 is 51.4 Å². The van der Waals surface area contributed by atoms with E-state index in [9.17, 15) is 0 Å². The Morgan fingerprint density at radius 3 is 1.25 bits per heavy atom. The van der Waals surface area contributed by atoms with Crippen molar-refractivity contribution in [1.82, 2.24) is 0 Å². The van der Waals surface area contributed by atoms with Gasteiger partial charge >= 0.3 is 61.8 Å². The molecule has 0 rings (SSSR count). The third kappa shape index (κ3) is 69.7. The van der Waals surface area contributed by atoms with E-state index in [1.54, 1.807) is 0 Å². The summed E-state index contributed by atoms with van der Waals surface area (Å²) in [5.41, 5.74) is 0. The Morgan fingerprint density at radius 2 is 1.25 bits per heavy atom. The van der Waals surface area contributed by atoms with Gasteiger partial charge in [0, 0.05) is 38.8 Å². The minimum Gasteiger partial charge on any atom is -1.00 e. The summed E-state index contributed by atoms with van der Waals surface area (Å²) < 4.78 is 31.6. The second-order valence-corrected chi connectivity index (χ2v) is 1.34. The molecular formula is H3KMnO4STi. The number of hydrogen-bond donors (Lipinski definition) is 2. The Balaban J connectivity index is -0.0000000133. The van der Waals surface area contributed by atoms with Gasteiger partial charge in [-0.05, 0) is 0 Å². The van der Waals surface area contributed by atoms with E-state index >= 15 is 0 Å². The van der Waals surface area contributed by atoms with Crippen LogP contribution in [0.15, 0.2) is 0 Å². The van der Waals surface area contributed by atoms with Crippen LogP contribution in [0.3, 0.4) is 0 Å². The quantitative estimate of drug-likeness (QED) is 0.340. The van der Waals surface area contributed by atoms with Crippen molar-refractivity contribution in [1.29, 1.82) is 0 Å². The van der Waals surface area contributed by atoms with Crippen LogP contribution >= 0.6 is 0 Å². The van der Waals surface area contributed by atoms with Crippen molar-refractivity contribution in [2.45, 2.75) is 0 Å². The van der Waals surface area contributed by atoms with Gasteiger partial charge in [0.25, 0.3) is 0 Å². The van der Waals surface area contributed by atoms with Crippen molar-refractivity contribution < 1.29 is 109 Å². The maximum absolute atomic E-state index is 8.74. The molecule has 0 bridgehead atoms. The summed E-state index contributed by atoms with van der Waals surface area (Å²) in [6.07, 6.45) is 0. The van der Waals surface area contributed by atoms with Crippen molar-refractivity contribution in [2.75, 3.05) is 0 Å². The average Bonchev–Trinajstić information content (AvgIpc) is 0.722. The van der Waals surface area contributed by atoms with Crippen LogP contribution in [-0.2, 0) is 49.2 Å². The van der Waals surface area contributed by atoms with Crippen LogP contribution in [0, 0.1) is 0 Å². The zero-order chi connectivity index (χ0) is 4.50. The molecule has 0 aromatic rings. The molecule has 0 aliphatic heterocycles. The molecule has 0 saturated carbocycles. The molecule has 0 unspecified atom stereocenters. The maximum atomic E-state index is 8.74. The smallest absolute Gasteiger partial charge is 1.00 e. The summed E-state index contributed by atoms with van der Waals surface area (Å²) in [6.45, 7) is 0. The van der Waals surface area contributed by atoms with Crippen molar-refractivity contribution in [3.63, 3.8) is 0 Å². The van der Waals surface area contributed by atoms with E-state index in [1.807, 2.05) is 0 Å². The normalized spacial score (nSPS) is 7.25. The maximum Gasteiger partial charge on any atom is 1.00 e. The number of hydrogen-bond acceptors (Lipinski definition) is 2. The molecule has 0 fully saturated rings. The van der Waals surface area contributed by atoms with E-state index < -0.39 is 10.4 Å². The average molecular weight is 241 g/mol. The van der Waals surface area contributed by atoms with Gasteiger partial charge in [-0.25, -0.2) is 0 Å². The van der Waals surface area contributed by atoms with Gasteiger partial charge in [-0.3, -0.25) is 9.11 Å². The molecule has 4 nitrogen and oxygen atoms in total. The molecule has 2 N–H and O–H groups in total. The predicted molar refractivity (Wildman–Crippen MR) is 15.3 cm³/mol. The Kier molecular flexibility index (Phi) is 27.3. The van der Waals surface area contributed by atoms with E-state index in [0.717, 1.165) is 0 Å². The molecule has 0 amide bonds. The van der Waals surface area contributed by atoms with E-state index in [2.05, 4.69) is 0 Å². The van der Waals surface area contributed by atoms with Crippen molar-refractivity contribution in [2.24, 2.45) is 0 Å². The molecule has 8 heteroatoms. The Morgan fingerprint density at radius 1 is 1.25 bits per heavy atom. The first-order valence-electron chi connectivity index (χ1n) is 0.698. The van der Waals surface area contributed by atoms with Crippen LogP contribution in [0.5, 0.6) is 0 Å². The second-order valence-electron chi connectivity index (χ2n) is 0.448. The molecule has 0 saturated heterocycles. The first kappa shape index (κ1) is 22.4. The van der Waals surface area contributed by atoms with Gasteiger partial charge in [-0.15, -0.1) is 0 Å². The fourth-order valence-corrected chi connectivity index (χ4v) is 0. The van der Waals surface area contributed by atoms with Crippen molar-refractivity contribution >= 4 is 10.4 Å². The predicted octanol–water partition coefficient (Wildman–Crippen LogP) is -3.54. The first-order chi connectivity index (χ1) is 2.00. The molecule has 0 aliphatic rings. The fraction of sp³-hybridized carbons (Fsp3) is 0. The monoisotopic (exact) mass is 241 g/mol. The van der Waals surface area contributed by atoms with Crippen LogP contribution in [0.1, 0.15) is 1.43 Å². The van der Waals surface area contributed by atoms with Crippen molar-refractivity contribution in [3.8, 4) is 0 Å². The SMILES string of the molecule is O=S(=O)(O)O.[H-].[K+].[Mn].[Ti]. The Labute approximate surface area is 117 Å². The molecule has 0 spiro atoms. The Bertz CT molecular complexity index is 104. The summed E-state index contributed by atoms with van der Waals surface area (Å²) >= 11 is 0. The van der Waals surface area contributed by atoms with E-state index in [1.165, 1.54) is 0 Å². The van der Waals surface area contributed by atoms with Crippen LogP contribution in [-0.4, -0.2) is 17.5 Å². The second kappa shape index (κ2) is 9.74. The summed E-state index contributed by atoms with van der Waals surface area (Å²) in [7, 11) is -4.67. The van der Waals surface area contributed by atoms with E-state index in [4.69, 9.17) is 17.5 Å². The van der Waals surface area contributed by atoms with Gasteiger partial charge < -0.3 is 1.43 Å². The fourth-order valence-electron chi connectivity index (χ4n) is 0. The van der Waals surface area contributed by atoms with Gasteiger partial charge in [0.2, 0.25) is 0 Å². The van der Waals surface area contributed by atoms with Crippen LogP contribution in [0.4, 0.5) is 0 Å². The third-order valence-corrected chi connectivity index (χ3v) is 0. The zero-order valence-corrected chi connectivity index (χ0v) is 10.7. The minimum absolute atomic E-state index is 0. The van der Waals surface area contributed by atoms with Gasteiger partial charge in [0.05, 0.1) is 0 Å². The molecule has 0 heterocycles. The molecule has 0 atom stereocenters. The topological polar surface area (TPSA) is 74.6 Å². The van der Waals surface area contributed by atoms with Gasteiger partial charge in [0.15, 0.2) is 0 Å². The summed E-state index contributed by atoms with van der Waals surface area (Å²) in [6, 6.07) is 0. The number of rotatable bonds is 0. The van der Waals surface area contributed by atoms with Gasteiger partial charge in [-0.2, -0.15) is 8.42 Å². The van der Waals surface area contributed by atoms with E-state index in [0.29, 0.717) is 0 Å². The molecule has 8 heavy (non-hydrogen) atoms. The summed E-state index contributed by atoms with van der Waals surface area (Å²) in [4.78, 5) is 0. The Hall–Kier alpha value is 2.74. The molecular weight excluding hydrogens is 238 g/mol. The van der Waals surface area contributed by atoms with Crippen LogP contribution in [0.2, 0.25) is 0 Å². The molecule has 0 aliphatic carbocycles. The first-order valence-corrected chi connectivity index (χ1v) is 2.10.